The zero-order chi connectivity index (χ0) is 17.3. The van der Waals surface area contributed by atoms with Gasteiger partial charge in [-0.2, -0.15) is 0 Å². The van der Waals surface area contributed by atoms with Gasteiger partial charge in [0.2, 0.25) is 0 Å². The molecule has 0 aliphatic carbocycles. The molecule has 0 radical (unpaired) electrons. The summed E-state index contributed by atoms with van der Waals surface area (Å²) >= 11 is 0. The number of aryl methyl sites for hydroxylation is 1. The number of pyridine rings is 1. The number of hydrogen-bond donors (Lipinski definition) is 3. The van der Waals surface area contributed by atoms with Crippen LogP contribution in [0.2, 0.25) is 0 Å². The lowest BCUT2D eigenvalue weighted by atomic mass is 9.94. The van der Waals surface area contributed by atoms with E-state index >= 15 is 0 Å². The average Bonchev–Trinajstić information content (AvgIpc) is 2.55. The first-order valence-electron chi connectivity index (χ1n) is 7.98. The van der Waals surface area contributed by atoms with Crippen molar-refractivity contribution in [2.45, 2.75) is 25.7 Å². The monoisotopic (exact) mass is 328 g/mol. The number of aromatic hydroxyl groups is 1. The number of aromatic carboxylic acids is 1. The van der Waals surface area contributed by atoms with Crippen molar-refractivity contribution < 1.29 is 15.0 Å². The molecule has 3 rings (SSSR count). The van der Waals surface area contributed by atoms with E-state index in [-0.39, 0.29) is 17.2 Å². The first kappa shape index (κ1) is 16.3. The third kappa shape index (κ3) is 3.05. The molecule has 0 bridgehead atoms. The Bertz CT molecular complexity index is 835. The van der Waals surface area contributed by atoms with Crippen LogP contribution in [-0.4, -0.2) is 33.8 Å². The smallest absolute Gasteiger partial charge is 0.341 e. The standard InChI is InChI=1S/C18H20N2O4/c1-11-7-13(21)4-5-15(11)20-10-14(18(23)24)17(22)8-16(20)12-3-2-6-19-9-12/h4-5,7-8,10,12,19,21H,2-3,6,9H2,1H3,(H,23,24). The number of aromatic nitrogens is 1. The van der Waals surface area contributed by atoms with Crippen molar-refractivity contribution in [3.63, 3.8) is 0 Å². The topological polar surface area (TPSA) is 91.6 Å². The zero-order valence-electron chi connectivity index (χ0n) is 13.5. The highest BCUT2D eigenvalue weighted by Crippen LogP contribution is 2.27. The summed E-state index contributed by atoms with van der Waals surface area (Å²) in [4.78, 5) is 23.6. The van der Waals surface area contributed by atoms with Gasteiger partial charge < -0.3 is 20.1 Å². The normalized spacial score (nSPS) is 17.6. The van der Waals surface area contributed by atoms with Crippen molar-refractivity contribution >= 4 is 5.97 Å². The average molecular weight is 328 g/mol. The number of nitrogens with one attached hydrogen (secondary N) is 1. The fourth-order valence-electron chi connectivity index (χ4n) is 3.25. The van der Waals surface area contributed by atoms with Crippen molar-refractivity contribution in [1.29, 1.82) is 0 Å². The van der Waals surface area contributed by atoms with E-state index in [1.165, 1.54) is 12.3 Å². The molecule has 1 aliphatic heterocycles. The molecule has 1 unspecified atom stereocenters. The Kier molecular flexibility index (Phi) is 4.40. The highest BCUT2D eigenvalue weighted by atomic mass is 16.4. The Labute approximate surface area is 139 Å². The van der Waals surface area contributed by atoms with Gasteiger partial charge in [-0.25, -0.2) is 4.79 Å². The Balaban J connectivity index is 2.22. The largest absolute Gasteiger partial charge is 0.508 e. The van der Waals surface area contributed by atoms with Crippen molar-refractivity contribution in [2.24, 2.45) is 0 Å². The van der Waals surface area contributed by atoms with Crippen LogP contribution in [0.25, 0.3) is 5.69 Å². The number of nitrogens with zero attached hydrogens (tertiary/aromatic N) is 1. The van der Waals surface area contributed by atoms with Gasteiger partial charge in [-0.1, -0.05) is 0 Å². The van der Waals surface area contributed by atoms with Gasteiger partial charge in [0, 0.05) is 36.1 Å². The number of phenols is 1. The van der Waals surface area contributed by atoms with Crippen LogP contribution in [0.15, 0.2) is 35.3 Å². The molecule has 24 heavy (non-hydrogen) atoms. The number of benzene rings is 1. The van der Waals surface area contributed by atoms with Crippen molar-refractivity contribution in [3.8, 4) is 11.4 Å². The van der Waals surface area contributed by atoms with Crippen molar-refractivity contribution in [3.05, 3.63) is 57.5 Å². The van der Waals surface area contributed by atoms with E-state index in [0.717, 1.165) is 42.9 Å². The molecular weight excluding hydrogens is 308 g/mol. The summed E-state index contributed by atoms with van der Waals surface area (Å²) in [5.74, 6) is -0.947. The summed E-state index contributed by atoms with van der Waals surface area (Å²) in [7, 11) is 0. The van der Waals surface area contributed by atoms with E-state index in [1.807, 2.05) is 6.92 Å². The maximum absolute atomic E-state index is 12.2. The van der Waals surface area contributed by atoms with Crippen LogP contribution in [0.1, 0.15) is 40.4 Å². The third-order valence-electron chi connectivity index (χ3n) is 4.47. The summed E-state index contributed by atoms with van der Waals surface area (Å²) in [5, 5.41) is 22.2. The maximum Gasteiger partial charge on any atom is 0.341 e. The molecule has 1 aliphatic rings. The molecule has 0 saturated carbocycles. The van der Waals surface area contributed by atoms with E-state index in [0.29, 0.717) is 0 Å². The van der Waals surface area contributed by atoms with Crippen molar-refractivity contribution in [2.75, 3.05) is 13.1 Å². The second-order valence-electron chi connectivity index (χ2n) is 6.17. The molecule has 3 N–H and O–H groups in total. The first-order valence-corrected chi connectivity index (χ1v) is 7.98. The Morgan fingerprint density at radius 3 is 2.75 bits per heavy atom. The molecule has 6 heteroatoms. The summed E-state index contributed by atoms with van der Waals surface area (Å²) in [5.41, 5.74) is 1.63. The number of piperidine rings is 1. The minimum atomic E-state index is -1.24. The molecule has 1 atom stereocenters. The van der Waals surface area contributed by atoms with Gasteiger partial charge in [0.1, 0.15) is 11.3 Å². The van der Waals surface area contributed by atoms with Crippen LogP contribution in [-0.2, 0) is 0 Å². The molecule has 1 aromatic heterocycles. The minimum absolute atomic E-state index is 0.141. The van der Waals surface area contributed by atoms with E-state index in [4.69, 9.17) is 0 Å². The SMILES string of the molecule is Cc1cc(O)ccc1-n1cc(C(=O)O)c(=O)cc1C1CCCNC1. The van der Waals surface area contributed by atoms with E-state index in [1.54, 1.807) is 22.8 Å². The number of carboxylic acid groups (broad SMARTS) is 1. The van der Waals surface area contributed by atoms with Gasteiger partial charge >= 0.3 is 5.97 Å². The summed E-state index contributed by atoms with van der Waals surface area (Å²) in [6.45, 7) is 3.55. The fraction of sp³-hybridized carbons (Fsp3) is 0.333. The van der Waals surface area contributed by atoms with E-state index < -0.39 is 11.4 Å². The predicted molar refractivity (Wildman–Crippen MR) is 90.2 cm³/mol. The van der Waals surface area contributed by atoms with Gasteiger partial charge in [-0.15, -0.1) is 0 Å². The molecule has 2 heterocycles. The number of phenolic OH excluding ortho intramolecular Hbond substituents is 1. The van der Waals surface area contributed by atoms with Crippen LogP contribution in [0, 0.1) is 6.92 Å². The number of carboxylic acids is 1. The molecular formula is C18H20N2O4. The minimum Gasteiger partial charge on any atom is -0.508 e. The highest BCUT2D eigenvalue weighted by Gasteiger charge is 2.22. The molecule has 6 nitrogen and oxygen atoms in total. The summed E-state index contributed by atoms with van der Waals surface area (Å²) in [6.07, 6.45) is 3.35. The second kappa shape index (κ2) is 6.49. The van der Waals surface area contributed by atoms with E-state index in [9.17, 15) is 19.8 Å². The Morgan fingerprint density at radius 1 is 1.33 bits per heavy atom. The molecule has 1 saturated heterocycles. The zero-order valence-corrected chi connectivity index (χ0v) is 13.5. The second-order valence-corrected chi connectivity index (χ2v) is 6.17. The quantitative estimate of drug-likeness (QED) is 0.802. The molecule has 2 aromatic rings. The fourth-order valence-corrected chi connectivity index (χ4v) is 3.25. The molecule has 126 valence electrons. The summed E-state index contributed by atoms with van der Waals surface area (Å²) in [6, 6.07) is 6.36. The van der Waals surface area contributed by atoms with Crippen LogP contribution in [0.4, 0.5) is 0 Å². The lowest BCUT2D eigenvalue weighted by molar-refractivity contribution is 0.0694. The van der Waals surface area contributed by atoms with Crippen molar-refractivity contribution in [1.82, 2.24) is 9.88 Å². The summed E-state index contributed by atoms with van der Waals surface area (Å²) < 4.78 is 1.78. The van der Waals surface area contributed by atoms with Crippen LogP contribution in [0.3, 0.4) is 0 Å². The highest BCUT2D eigenvalue weighted by molar-refractivity contribution is 5.87. The number of hydrogen-bond acceptors (Lipinski definition) is 4. The van der Waals surface area contributed by atoms with Gasteiger partial charge in [-0.3, -0.25) is 4.79 Å². The van der Waals surface area contributed by atoms with Gasteiger partial charge in [0.25, 0.3) is 0 Å². The maximum atomic E-state index is 12.2. The number of rotatable bonds is 3. The molecule has 1 aromatic carbocycles. The van der Waals surface area contributed by atoms with Crippen LogP contribution < -0.4 is 10.7 Å². The van der Waals surface area contributed by atoms with Gasteiger partial charge in [-0.05, 0) is 50.1 Å². The number of carbonyl (C=O) groups is 1. The third-order valence-corrected chi connectivity index (χ3v) is 4.47. The van der Waals surface area contributed by atoms with Crippen LogP contribution >= 0.6 is 0 Å². The molecule has 0 amide bonds. The van der Waals surface area contributed by atoms with Gasteiger partial charge in [0.15, 0.2) is 5.43 Å². The van der Waals surface area contributed by atoms with Crippen LogP contribution in [0.5, 0.6) is 5.75 Å². The van der Waals surface area contributed by atoms with Gasteiger partial charge in [0.05, 0.1) is 0 Å². The Morgan fingerprint density at radius 2 is 2.12 bits per heavy atom. The molecule has 1 fully saturated rings. The van der Waals surface area contributed by atoms with E-state index in [2.05, 4.69) is 5.32 Å². The predicted octanol–water partition coefficient (Wildman–Crippen LogP) is 2.02. The lowest BCUT2D eigenvalue weighted by Crippen LogP contribution is -2.31. The lowest BCUT2D eigenvalue weighted by Gasteiger charge is -2.27. The molecule has 0 spiro atoms. The first-order chi connectivity index (χ1) is 11.5. The Hall–Kier alpha value is -2.60.